The molecule has 0 aromatic rings. The fraction of sp³-hybridized carbons (Fsp3) is 0.917. The van der Waals surface area contributed by atoms with Crippen molar-refractivity contribution in [1.29, 1.82) is 0 Å². The molecule has 1 aliphatic heterocycles. The normalized spacial score (nSPS) is 25.1. The average Bonchev–Trinajstić information content (AvgIpc) is 2.49. The molecular weight excluding hydrogens is 224 g/mol. The third kappa shape index (κ3) is 3.95. The number of carbonyl (C=O) groups is 1. The van der Waals surface area contributed by atoms with E-state index < -0.39 is 0 Å². The van der Waals surface area contributed by atoms with E-state index >= 15 is 0 Å². The van der Waals surface area contributed by atoms with E-state index in [1.54, 1.807) is 0 Å². The molecule has 1 atom stereocenters. The first-order chi connectivity index (χ1) is 6.75. The molecule has 1 aliphatic rings. The first kappa shape index (κ1) is 15.7. The maximum atomic E-state index is 12.2. The van der Waals surface area contributed by atoms with Crippen LogP contribution in [0.15, 0.2) is 0 Å². The van der Waals surface area contributed by atoms with Crippen LogP contribution in [0, 0.1) is 10.8 Å². The van der Waals surface area contributed by atoms with Crippen LogP contribution in [0.1, 0.15) is 34.1 Å². The van der Waals surface area contributed by atoms with Gasteiger partial charge in [-0.05, 0) is 25.3 Å². The van der Waals surface area contributed by atoms with Crippen LogP contribution < -0.4 is 5.32 Å². The van der Waals surface area contributed by atoms with E-state index in [-0.39, 0.29) is 29.1 Å². The summed E-state index contributed by atoms with van der Waals surface area (Å²) in [4.78, 5) is 14.1. The van der Waals surface area contributed by atoms with Crippen molar-refractivity contribution < 1.29 is 4.79 Å². The predicted octanol–water partition coefficient (Wildman–Crippen LogP) is 1.91. The number of nitrogens with one attached hydrogen (secondary N) is 1. The molecule has 4 heteroatoms. The van der Waals surface area contributed by atoms with Crippen LogP contribution in [-0.2, 0) is 4.79 Å². The Morgan fingerprint density at radius 1 is 1.44 bits per heavy atom. The summed E-state index contributed by atoms with van der Waals surface area (Å²) in [6.07, 6.45) is 0.959. The van der Waals surface area contributed by atoms with Crippen LogP contribution in [-0.4, -0.2) is 37.5 Å². The van der Waals surface area contributed by atoms with Gasteiger partial charge in [0.1, 0.15) is 0 Å². The largest absolute Gasteiger partial charge is 0.345 e. The molecular formula is C12H25ClN2O. The van der Waals surface area contributed by atoms with Gasteiger partial charge in [0.05, 0.1) is 5.41 Å². The fourth-order valence-electron chi connectivity index (χ4n) is 2.24. The Labute approximate surface area is 105 Å². The van der Waals surface area contributed by atoms with E-state index in [4.69, 9.17) is 0 Å². The number of amides is 1. The van der Waals surface area contributed by atoms with Crippen molar-refractivity contribution in [2.45, 2.75) is 34.1 Å². The summed E-state index contributed by atoms with van der Waals surface area (Å²) in [5, 5.41) is 3.26. The molecule has 1 saturated heterocycles. The summed E-state index contributed by atoms with van der Waals surface area (Å²) in [6, 6.07) is 0. The molecule has 1 rings (SSSR count). The van der Waals surface area contributed by atoms with Crippen LogP contribution in [0.3, 0.4) is 0 Å². The first-order valence-electron chi connectivity index (χ1n) is 5.71. The van der Waals surface area contributed by atoms with Crippen molar-refractivity contribution in [3.05, 3.63) is 0 Å². The number of carbonyl (C=O) groups excluding carboxylic acids is 1. The summed E-state index contributed by atoms with van der Waals surface area (Å²) in [6.45, 7) is 11.1. The number of nitrogens with zero attached hydrogens (tertiary/aromatic N) is 1. The lowest BCUT2D eigenvalue weighted by molar-refractivity contribution is -0.140. The molecule has 0 spiro atoms. The highest BCUT2D eigenvalue weighted by Crippen LogP contribution is 2.28. The Morgan fingerprint density at radius 2 is 2.00 bits per heavy atom. The minimum atomic E-state index is -0.181. The monoisotopic (exact) mass is 248 g/mol. The number of halogens is 1. The van der Waals surface area contributed by atoms with Crippen molar-refractivity contribution in [1.82, 2.24) is 10.2 Å². The highest BCUT2D eigenvalue weighted by Gasteiger charge is 2.38. The van der Waals surface area contributed by atoms with E-state index in [1.165, 1.54) is 0 Å². The zero-order valence-electron chi connectivity index (χ0n) is 11.1. The summed E-state index contributed by atoms with van der Waals surface area (Å²) < 4.78 is 0. The van der Waals surface area contributed by atoms with Crippen LogP contribution >= 0.6 is 12.4 Å². The second-order valence-electron chi connectivity index (χ2n) is 6.21. The van der Waals surface area contributed by atoms with E-state index in [0.29, 0.717) is 0 Å². The van der Waals surface area contributed by atoms with E-state index in [1.807, 2.05) is 11.9 Å². The summed E-state index contributed by atoms with van der Waals surface area (Å²) in [5.74, 6) is 0.280. The molecule has 0 aromatic carbocycles. The van der Waals surface area contributed by atoms with Gasteiger partial charge in [-0.15, -0.1) is 12.4 Å². The van der Waals surface area contributed by atoms with Crippen molar-refractivity contribution in [3.63, 3.8) is 0 Å². The first-order valence-corrected chi connectivity index (χ1v) is 5.71. The van der Waals surface area contributed by atoms with Gasteiger partial charge in [-0.2, -0.15) is 0 Å². The van der Waals surface area contributed by atoms with Gasteiger partial charge in [-0.3, -0.25) is 4.79 Å². The van der Waals surface area contributed by atoms with Crippen molar-refractivity contribution in [3.8, 4) is 0 Å². The molecule has 1 unspecified atom stereocenters. The molecule has 0 radical (unpaired) electrons. The topological polar surface area (TPSA) is 32.3 Å². The van der Waals surface area contributed by atoms with Gasteiger partial charge in [0.15, 0.2) is 0 Å². The maximum absolute atomic E-state index is 12.2. The predicted molar refractivity (Wildman–Crippen MR) is 69.9 cm³/mol. The molecule has 0 aliphatic carbocycles. The quantitative estimate of drug-likeness (QED) is 0.810. The molecule has 16 heavy (non-hydrogen) atoms. The number of hydrogen-bond acceptors (Lipinski definition) is 2. The van der Waals surface area contributed by atoms with Gasteiger partial charge in [0.2, 0.25) is 5.91 Å². The van der Waals surface area contributed by atoms with Crippen molar-refractivity contribution in [2.75, 3.05) is 26.7 Å². The van der Waals surface area contributed by atoms with Crippen molar-refractivity contribution in [2.24, 2.45) is 10.8 Å². The molecule has 0 aromatic heterocycles. The van der Waals surface area contributed by atoms with E-state index in [9.17, 15) is 4.79 Å². The zero-order chi connectivity index (χ0) is 11.7. The Kier molecular flexibility index (Phi) is 5.27. The third-order valence-electron chi connectivity index (χ3n) is 2.94. The highest BCUT2D eigenvalue weighted by atomic mass is 35.5. The van der Waals surface area contributed by atoms with Crippen LogP contribution in [0.25, 0.3) is 0 Å². The minimum Gasteiger partial charge on any atom is -0.345 e. The average molecular weight is 249 g/mol. The molecule has 1 amide bonds. The van der Waals surface area contributed by atoms with Gasteiger partial charge in [-0.25, -0.2) is 0 Å². The van der Waals surface area contributed by atoms with Crippen LogP contribution in [0.5, 0.6) is 0 Å². The van der Waals surface area contributed by atoms with Gasteiger partial charge in [0, 0.05) is 20.1 Å². The van der Waals surface area contributed by atoms with E-state index in [2.05, 4.69) is 33.0 Å². The Bertz CT molecular complexity index is 242. The Hall–Kier alpha value is -0.280. The Morgan fingerprint density at radius 3 is 2.38 bits per heavy atom. The van der Waals surface area contributed by atoms with Crippen LogP contribution in [0.2, 0.25) is 0 Å². The minimum absolute atomic E-state index is 0. The summed E-state index contributed by atoms with van der Waals surface area (Å²) in [7, 11) is 1.91. The molecule has 0 saturated carbocycles. The SMILES string of the molecule is CN(CC(C)(C)C)C(=O)C1(C)CCNC1.Cl. The molecule has 96 valence electrons. The Balaban J connectivity index is 0.00000225. The molecule has 1 heterocycles. The lowest BCUT2D eigenvalue weighted by Crippen LogP contribution is -2.44. The number of rotatable bonds is 2. The lowest BCUT2D eigenvalue weighted by Gasteiger charge is -2.32. The third-order valence-corrected chi connectivity index (χ3v) is 2.94. The molecule has 0 bridgehead atoms. The second-order valence-corrected chi connectivity index (χ2v) is 6.21. The van der Waals surface area contributed by atoms with Gasteiger partial charge in [0.25, 0.3) is 0 Å². The molecule has 3 nitrogen and oxygen atoms in total. The molecule has 1 fully saturated rings. The van der Waals surface area contributed by atoms with E-state index in [0.717, 1.165) is 26.1 Å². The maximum Gasteiger partial charge on any atom is 0.229 e. The molecule has 1 N–H and O–H groups in total. The standard InChI is InChI=1S/C12H24N2O.ClH/c1-11(2,3)9-14(5)10(15)12(4)6-7-13-8-12;/h13H,6-9H2,1-5H3;1H. The van der Waals surface area contributed by atoms with Gasteiger partial charge in [-0.1, -0.05) is 20.8 Å². The summed E-state index contributed by atoms with van der Waals surface area (Å²) in [5.41, 5.74) is -0.00714. The number of hydrogen-bond donors (Lipinski definition) is 1. The van der Waals surface area contributed by atoms with Gasteiger partial charge < -0.3 is 10.2 Å². The lowest BCUT2D eigenvalue weighted by atomic mass is 9.87. The van der Waals surface area contributed by atoms with Crippen LogP contribution in [0.4, 0.5) is 0 Å². The zero-order valence-corrected chi connectivity index (χ0v) is 11.9. The summed E-state index contributed by atoms with van der Waals surface area (Å²) >= 11 is 0. The van der Waals surface area contributed by atoms with Crippen molar-refractivity contribution >= 4 is 18.3 Å². The van der Waals surface area contributed by atoms with Gasteiger partial charge >= 0.3 is 0 Å². The fourth-order valence-corrected chi connectivity index (χ4v) is 2.24. The second kappa shape index (κ2) is 5.37. The smallest absolute Gasteiger partial charge is 0.229 e. The highest BCUT2D eigenvalue weighted by molar-refractivity contribution is 5.85.